The Morgan fingerprint density at radius 3 is 2.50 bits per heavy atom. The molecule has 3 N–H and O–H groups in total. The van der Waals surface area contributed by atoms with Crippen molar-refractivity contribution in [2.75, 3.05) is 19.5 Å². The smallest absolute Gasteiger partial charge is 0.419 e. The van der Waals surface area contributed by atoms with E-state index in [4.69, 9.17) is 15.2 Å². The van der Waals surface area contributed by atoms with Crippen molar-refractivity contribution in [1.29, 1.82) is 0 Å². The number of rotatable bonds is 6. The summed E-state index contributed by atoms with van der Waals surface area (Å²) in [7, 11) is 2.41. The number of alkyl halides is 3. The molecule has 1 aromatic carbocycles. The third kappa shape index (κ3) is 3.48. The van der Waals surface area contributed by atoms with Crippen molar-refractivity contribution in [2.45, 2.75) is 25.2 Å². The lowest BCUT2D eigenvalue weighted by Gasteiger charge is -2.29. The number of carbonyl (C=O) groups excluding carboxylic acids is 1. The largest absolute Gasteiger partial charge is 0.496 e. The van der Waals surface area contributed by atoms with Gasteiger partial charge in [0.05, 0.1) is 19.8 Å². The summed E-state index contributed by atoms with van der Waals surface area (Å²) in [5, 5.41) is 2.95. The van der Waals surface area contributed by atoms with Crippen LogP contribution in [0.3, 0.4) is 0 Å². The number of esters is 1. The van der Waals surface area contributed by atoms with Gasteiger partial charge in [0.25, 0.3) is 0 Å². The van der Waals surface area contributed by atoms with E-state index in [2.05, 4.69) is 5.32 Å². The number of anilines is 1. The molecular formula is C16H19F3N2O3. The molecule has 1 aliphatic rings. The molecule has 0 heterocycles. The maximum atomic E-state index is 13.1. The van der Waals surface area contributed by atoms with E-state index in [9.17, 15) is 18.0 Å². The Bertz CT molecular complexity index is 644. The Balaban J connectivity index is 2.42. The third-order valence-corrected chi connectivity index (χ3v) is 3.96. The first-order valence-corrected chi connectivity index (χ1v) is 7.31. The average molecular weight is 344 g/mol. The van der Waals surface area contributed by atoms with Gasteiger partial charge in [0.2, 0.25) is 0 Å². The fourth-order valence-corrected chi connectivity index (χ4v) is 2.60. The number of methoxy groups -OCH3 is 2. The Morgan fingerprint density at radius 1 is 1.42 bits per heavy atom. The van der Waals surface area contributed by atoms with Crippen molar-refractivity contribution in [2.24, 2.45) is 11.7 Å². The summed E-state index contributed by atoms with van der Waals surface area (Å²) < 4.78 is 49.0. The Morgan fingerprint density at radius 2 is 2.08 bits per heavy atom. The maximum Gasteiger partial charge on any atom is 0.419 e. The van der Waals surface area contributed by atoms with Gasteiger partial charge in [0.1, 0.15) is 11.8 Å². The van der Waals surface area contributed by atoms with Crippen molar-refractivity contribution in [3.05, 3.63) is 35.4 Å². The first-order chi connectivity index (χ1) is 11.3. The van der Waals surface area contributed by atoms with Crippen LogP contribution in [0.1, 0.15) is 17.5 Å². The quantitative estimate of drug-likeness (QED) is 0.613. The standard InChI is InChI=1S/C16H19F3N2O3/c1-23-14-10(8-20)12(7-6-11(14)16(17,18)19)21-13(15(22)24-2)9-4-3-5-9/h3-4,6-7,9,13,21H,5,8,20H2,1-2H3. The SMILES string of the molecule is COC(=O)C(Nc1ccc(C(F)(F)F)c(OC)c1CN)C1C=CC1. The lowest BCUT2D eigenvalue weighted by atomic mass is 9.87. The molecule has 0 saturated heterocycles. The topological polar surface area (TPSA) is 73.6 Å². The zero-order valence-electron chi connectivity index (χ0n) is 13.3. The molecule has 2 unspecified atom stereocenters. The number of carbonyl (C=O) groups is 1. The van der Waals surface area contributed by atoms with Crippen LogP contribution in [0.2, 0.25) is 0 Å². The van der Waals surface area contributed by atoms with E-state index < -0.39 is 23.8 Å². The zero-order valence-corrected chi connectivity index (χ0v) is 13.3. The van der Waals surface area contributed by atoms with E-state index >= 15 is 0 Å². The molecule has 0 aromatic heterocycles. The molecule has 5 nitrogen and oxygen atoms in total. The van der Waals surface area contributed by atoms with Gasteiger partial charge in [-0.1, -0.05) is 12.2 Å². The van der Waals surface area contributed by atoms with E-state index in [1.165, 1.54) is 13.2 Å². The van der Waals surface area contributed by atoms with Gasteiger partial charge in [-0.25, -0.2) is 4.79 Å². The lowest BCUT2D eigenvalue weighted by molar-refractivity contribution is -0.142. The average Bonchev–Trinajstić information content (AvgIpc) is 2.49. The van der Waals surface area contributed by atoms with Gasteiger partial charge in [0.15, 0.2) is 0 Å². The van der Waals surface area contributed by atoms with Crippen LogP contribution >= 0.6 is 0 Å². The number of allylic oxidation sites excluding steroid dienone is 1. The van der Waals surface area contributed by atoms with Gasteiger partial charge >= 0.3 is 12.1 Å². The molecule has 132 valence electrons. The monoisotopic (exact) mass is 344 g/mol. The van der Waals surface area contributed by atoms with Crippen LogP contribution in [-0.2, 0) is 22.3 Å². The van der Waals surface area contributed by atoms with Gasteiger partial charge in [-0.15, -0.1) is 0 Å². The molecule has 0 aliphatic heterocycles. The summed E-state index contributed by atoms with van der Waals surface area (Å²) in [5.41, 5.74) is 5.20. The minimum Gasteiger partial charge on any atom is -0.496 e. The Hall–Kier alpha value is -2.22. The second-order valence-corrected chi connectivity index (χ2v) is 5.35. The summed E-state index contributed by atoms with van der Waals surface area (Å²) in [6.07, 6.45) is -0.133. The first-order valence-electron chi connectivity index (χ1n) is 7.31. The number of hydrogen-bond acceptors (Lipinski definition) is 5. The third-order valence-electron chi connectivity index (χ3n) is 3.96. The highest BCUT2D eigenvalue weighted by Gasteiger charge is 2.37. The van der Waals surface area contributed by atoms with Crippen molar-refractivity contribution in [3.63, 3.8) is 0 Å². The number of benzene rings is 1. The van der Waals surface area contributed by atoms with Gasteiger partial charge in [0, 0.05) is 23.7 Å². The summed E-state index contributed by atoms with van der Waals surface area (Å²) in [6, 6.07) is 1.46. The van der Waals surface area contributed by atoms with Gasteiger partial charge in [-0.2, -0.15) is 13.2 Å². The highest BCUT2D eigenvalue weighted by molar-refractivity contribution is 5.81. The summed E-state index contributed by atoms with van der Waals surface area (Å²) in [4.78, 5) is 12.0. The van der Waals surface area contributed by atoms with E-state index in [0.717, 1.165) is 13.2 Å². The van der Waals surface area contributed by atoms with Crippen LogP contribution in [0.4, 0.5) is 18.9 Å². The summed E-state index contributed by atoms with van der Waals surface area (Å²) in [6.45, 7) is -0.177. The molecule has 1 aromatic rings. The molecule has 24 heavy (non-hydrogen) atoms. The number of ether oxygens (including phenoxy) is 2. The van der Waals surface area contributed by atoms with Crippen LogP contribution < -0.4 is 15.8 Å². The van der Waals surface area contributed by atoms with Crippen LogP contribution in [0.25, 0.3) is 0 Å². The summed E-state index contributed by atoms with van der Waals surface area (Å²) >= 11 is 0. The predicted octanol–water partition coefficient (Wildman–Crippen LogP) is 2.70. The minimum atomic E-state index is -4.56. The normalized spacial score (nSPS) is 17.8. The molecule has 1 aliphatic carbocycles. The van der Waals surface area contributed by atoms with Gasteiger partial charge in [-0.3, -0.25) is 0 Å². The minimum absolute atomic E-state index is 0.0867. The van der Waals surface area contributed by atoms with Crippen LogP contribution in [-0.4, -0.2) is 26.2 Å². The van der Waals surface area contributed by atoms with Crippen molar-refractivity contribution >= 4 is 11.7 Å². The second kappa shape index (κ2) is 7.12. The number of nitrogens with one attached hydrogen (secondary N) is 1. The number of halogens is 3. The van der Waals surface area contributed by atoms with Crippen LogP contribution in [0, 0.1) is 5.92 Å². The lowest BCUT2D eigenvalue weighted by Crippen LogP contribution is -2.39. The van der Waals surface area contributed by atoms with Crippen LogP contribution in [0.15, 0.2) is 24.3 Å². The fourth-order valence-electron chi connectivity index (χ4n) is 2.60. The van der Waals surface area contributed by atoms with Gasteiger partial charge in [-0.05, 0) is 18.6 Å². The summed E-state index contributed by atoms with van der Waals surface area (Å²) in [5.74, 6) is -0.926. The molecular weight excluding hydrogens is 325 g/mol. The molecule has 0 fully saturated rings. The molecule has 2 atom stereocenters. The molecule has 0 spiro atoms. The van der Waals surface area contributed by atoms with Gasteiger partial charge < -0.3 is 20.5 Å². The van der Waals surface area contributed by atoms with Crippen molar-refractivity contribution in [1.82, 2.24) is 0 Å². The van der Waals surface area contributed by atoms with Crippen molar-refractivity contribution < 1.29 is 27.4 Å². The van der Waals surface area contributed by atoms with E-state index in [1.807, 2.05) is 12.2 Å². The molecule has 0 radical (unpaired) electrons. The molecule has 0 bridgehead atoms. The highest BCUT2D eigenvalue weighted by Crippen LogP contribution is 2.41. The predicted molar refractivity (Wildman–Crippen MR) is 82.6 cm³/mol. The maximum absolute atomic E-state index is 13.1. The van der Waals surface area contributed by atoms with E-state index in [0.29, 0.717) is 12.1 Å². The second-order valence-electron chi connectivity index (χ2n) is 5.35. The highest BCUT2D eigenvalue weighted by atomic mass is 19.4. The van der Waals surface area contributed by atoms with E-state index in [-0.39, 0.29) is 23.8 Å². The fraction of sp³-hybridized carbons (Fsp3) is 0.438. The molecule has 0 saturated carbocycles. The first kappa shape index (κ1) is 18.1. The number of hydrogen-bond donors (Lipinski definition) is 2. The Kier molecular flexibility index (Phi) is 5.38. The zero-order chi connectivity index (χ0) is 17.9. The number of nitrogens with two attached hydrogens (primary N) is 1. The molecule has 8 heteroatoms. The molecule has 2 rings (SSSR count). The van der Waals surface area contributed by atoms with Crippen molar-refractivity contribution in [3.8, 4) is 5.75 Å². The van der Waals surface area contributed by atoms with E-state index in [1.54, 1.807) is 0 Å². The Labute approximate surface area is 137 Å². The molecule has 0 amide bonds. The van der Waals surface area contributed by atoms with Crippen LogP contribution in [0.5, 0.6) is 5.75 Å².